The standard InChI is InChI=1S/C34H29F7O/c1-3-4-5-6-20-11-21-7-8-22(13-24(21)12-20)23-9-10-27(30(37)14-23)25-15-31(38)33(32(39)16-25)34(40,41)42-26-17-28(35)19(2)29(36)18-26/h7-10,13-18,20H,3-6,11-12H2,1-2H3. The molecule has 0 amide bonds. The first-order chi connectivity index (χ1) is 20.0. The van der Waals surface area contributed by atoms with E-state index in [2.05, 4.69) is 17.7 Å². The Kier molecular flexibility index (Phi) is 8.35. The number of benzene rings is 4. The van der Waals surface area contributed by atoms with Gasteiger partial charge in [0.25, 0.3) is 0 Å². The van der Waals surface area contributed by atoms with Gasteiger partial charge in [0.15, 0.2) is 0 Å². The predicted molar refractivity (Wildman–Crippen MR) is 148 cm³/mol. The smallest absolute Gasteiger partial charge is 0.429 e. The fourth-order valence-electron chi connectivity index (χ4n) is 5.59. The number of ether oxygens (including phenoxy) is 1. The second-order valence-corrected chi connectivity index (χ2v) is 10.9. The van der Waals surface area contributed by atoms with Gasteiger partial charge in [-0.25, -0.2) is 22.0 Å². The van der Waals surface area contributed by atoms with E-state index in [1.165, 1.54) is 48.9 Å². The second kappa shape index (κ2) is 11.8. The molecule has 1 nitrogen and oxygen atoms in total. The summed E-state index contributed by atoms with van der Waals surface area (Å²) in [5.41, 5.74) is 1.22. The average Bonchev–Trinajstić information content (AvgIpc) is 3.33. The minimum atomic E-state index is -4.62. The molecule has 1 atom stereocenters. The highest BCUT2D eigenvalue weighted by Gasteiger charge is 2.41. The van der Waals surface area contributed by atoms with Crippen molar-refractivity contribution < 1.29 is 35.5 Å². The van der Waals surface area contributed by atoms with E-state index in [9.17, 15) is 26.3 Å². The highest BCUT2D eigenvalue weighted by molar-refractivity contribution is 5.72. The average molecular weight is 587 g/mol. The van der Waals surface area contributed by atoms with Gasteiger partial charge in [-0.1, -0.05) is 56.5 Å². The molecule has 0 spiro atoms. The molecule has 0 radical (unpaired) electrons. The van der Waals surface area contributed by atoms with Crippen LogP contribution in [0.4, 0.5) is 30.7 Å². The van der Waals surface area contributed by atoms with E-state index in [-0.39, 0.29) is 11.1 Å². The van der Waals surface area contributed by atoms with E-state index in [4.69, 9.17) is 0 Å². The van der Waals surface area contributed by atoms with Crippen LogP contribution in [0, 0.1) is 41.9 Å². The Bertz CT molecular complexity index is 1580. The minimum Gasteiger partial charge on any atom is -0.429 e. The monoisotopic (exact) mass is 586 g/mol. The third-order valence-electron chi connectivity index (χ3n) is 7.89. The second-order valence-electron chi connectivity index (χ2n) is 10.9. The molecular formula is C34H29F7O. The van der Waals surface area contributed by atoms with Crippen LogP contribution >= 0.6 is 0 Å². The molecule has 0 saturated heterocycles. The van der Waals surface area contributed by atoms with Crippen LogP contribution in [0.1, 0.15) is 54.9 Å². The molecule has 8 heteroatoms. The lowest BCUT2D eigenvalue weighted by molar-refractivity contribution is -0.189. The summed E-state index contributed by atoms with van der Waals surface area (Å²) in [6, 6.07) is 12.3. The lowest BCUT2D eigenvalue weighted by atomic mass is 9.96. The summed E-state index contributed by atoms with van der Waals surface area (Å²) in [6.45, 7) is 3.27. The van der Waals surface area contributed by atoms with Gasteiger partial charge in [-0.05, 0) is 78.1 Å². The van der Waals surface area contributed by atoms with Gasteiger partial charge in [0, 0.05) is 23.3 Å². The first-order valence-corrected chi connectivity index (χ1v) is 13.9. The fraction of sp³-hybridized carbons (Fsp3) is 0.294. The fourth-order valence-corrected chi connectivity index (χ4v) is 5.59. The molecule has 1 aliphatic carbocycles. The van der Waals surface area contributed by atoms with Crippen molar-refractivity contribution in [2.75, 3.05) is 0 Å². The Morgan fingerprint density at radius 2 is 1.29 bits per heavy atom. The number of hydrogen-bond donors (Lipinski definition) is 0. The number of fused-ring (bicyclic) bond motifs is 1. The molecule has 42 heavy (non-hydrogen) atoms. The molecule has 0 fully saturated rings. The van der Waals surface area contributed by atoms with Crippen LogP contribution < -0.4 is 4.74 Å². The van der Waals surface area contributed by atoms with Crippen molar-refractivity contribution in [3.8, 4) is 28.0 Å². The molecule has 4 aromatic rings. The van der Waals surface area contributed by atoms with Crippen LogP contribution in [-0.2, 0) is 19.0 Å². The van der Waals surface area contributed by atoms with Crippen molar-refractivity contribution in [3.05, 3.63) is 112 Å². The first-order valence-electron chi connectivity index (χ1n) is 13.9. The van der Waals surface area contributed by atoms with Crippen LogP contribution in [0.3, 0.4) is 0 Å². The van der Waals surface area contributed by atoms with E-state index >= 15 is 4.39 Å². The van der Waals surface area contributed by atoms with Crippen LogP contribution in [0.2, 0.25) is 0 Å². The van der Waals surface area contributed by atoms with Crippen molar-refractivity contribution in [1.29, 1.82) is 0 Å². The summed E-state index contributed by atoms with van der Waals surface area (Å²) >= 11 is 0. The third-order valence-corrected chi connectivity index (χ3v) is 7.89. The van der Waals surface area contributed by atoms with Crippen molar-refractivity contribution in [3.63, 3.8) is 0 Å². The summed E-state index contributed by atoms with van der Waals surface area (Å²) in [6.07, 6.45) is 2.15. The molecule has 0 bridgehead atoms. The van der Waals surface area contributed by atoms with Crippen LogP contribution in [-0.4, -0.2) is 0 Å². The maximum absolute atomic E-state index is 15.2. The van der Waals surface area contributed by atoms with Crippen molar-refractivity contribution in [2.24, 2.45) is 5.92 Å². The number of rotatable bonds is 9. The molecular weight excluding hydrogens is 557 g/mol. The molecule has 1 aliphatic rings. The van der Waals surface area contributed by atoms with Gasteiger partial charge in [-0.15, -0.1) is 0 Å². The van der Waals surface area contributed by atoms with Crippen molar-refractivity contribution >= 4 is 0 Å². The zero-order valence-electron chi connectivity index (χ0n) is 23.1. The van der Waals surface area contributed by atoms with Crippen LogP contribution in [0.5, 0.6) is 5.75 Å². The van der Waals surface area contributed by atoms with E-state index < -0.39 is 52.1 Å². The molecule has 5 rings (SSSR count). The number of alkyl halides is 2. The molecule has 0 aliphatic heterocycles. The molecule has 0 N–H and O–H groups in total. The normalized spacial score (nSPS) is 14.7. The zero-order valence-corrected chi connectivity index (χ0v) is 23.1. The van der Waals surface area contributed by atoms with E-state index in [0.29, 0.717) is 35.7 Å². The van der Waals surface area contributed by atoms with Gasteiger partial charge in [0.1, 0.15) is 40.4 Å². The van der Waals surface area contributed by atoms with E-state index in [1.807, 2.05) is 12.1 Å². The summed E-state index contributed by atoms with van der Waals surface area (Å²) in [4.78, 5) is 0. The van der Waals surface area contributed by atoms with Gasteiger partial charge < -0.3 is 4.74 Å². The highest BCUT2D eigenvalue weighted by atomic mass is 19.3. The minimum absolute atomic E-state index is 0.188. The Labute approximate surface area is 240 Å². The summed E-state index contributed by atoms with van der Waals surface area (Å²) in [7, 11) is 0. The Hall–Kier alpha value is -3.81. The van der Waals surface area contributed by atoms with E-state index in [1.54, 1.807) is 6.07 Å². The highest BCUT2D eigenvalue weighted by Crippen LogP contribution is 2.39. The van der Waals surface area contributed by atoms with Crippen molar-refractivity contribution in [2.45, 2.75) is 58.5 Å². The Morgan fingerprint density at radius 1 is 0.690 bits per heavy atom. The van der Waals surface area contributed by atoms with Gasteiger partial charge in [0.05, 0.1) is 0 Å². The van der Waals surface area contributed by atoms with Gasteiger partial charge in [0.2, 0.25) is 0 Å². The summed E-state index contributed by atoms with van der Waals surface area (Å²) in [5.74, 6) is -6.89. The van der Waals surface area contributed by atoms with Gasteiger partial charge >= 0.3 is 6.11 Å². The largest absolute Gasteiger partial charge is 0.432 e. The Balaban J connectivity index is 1.37. The molecule has 4 aromatic carbocycles. The Morgan fingerprint density at radius 3 is 1.93 bits per heavy atom. The SMILES string of the molecule is CCCCCC1Cc2ccc(-c3ccc(-c4cc(F)c(C(F)(F)Oc5cc(F)c(C)c(F)c5)c(F)c4)c(F)c3)cc2C1. The van der Waals surface area contributed by atoms with Crippen molar-refractivity contribution in [1.82, 2.24) is 0 Å². The molecule has 0 saturated carbocycles. The lowest BCUT2D eigenvalue weighted by Gasteiger charge is -2.20. The summed E-state index contributed by atoms with van der Waals surface area (Å²) < 4.78 is 106. The number of halogens is 7. The first kappa shape index (κ1) is 29.7. The zero-order chi connectivity index (χ0) is 30.2. The van der Waals surface area contributed by atoms with Crippen LogP contribution in [0.25, 0.3) is 22.3 Å². The predicted octanol–water partition coefficient (Wildman–Crippen LogP) is 10.4. The maximum atomic E-state index is 15.2. The van der Waals surface area contributed by atoms with Gasteiger partial charge in [-0.2, -0.15) is 8.78 Å². The lowest BCUT2D eigenvalue weighted by Crippen LogP contribution is -2.25. The molecule has 0 heterocycles. The third kappa shape index (κ3) is 6.03. The van der Waals surface area contributed by atoms with Gasteiger partial charge in [-0.3, -0.25) is 0 Å². The topological polar surface area (TPSA) is 9.23 Å². The van der Waals surface area contributed by atoms with E-state index in [0.717, 1.165) is 25.3 Å². The number of hydrogen-bond acceptors (Lipinski definition) is 1. The number of unbranched alkanes of at least 4 members (excludes halogenated alkanes) is 2. The van der Waals surface area contributed by atoms with Crippen LogP contribution in [0.15, 0.2) is 60.7 Å². The molecule has 0 aromatic heterocycles. The maximum Gasteiger partial charge on any atom is 0.432 e. The quantitative estimate of drug-likeness (QED) is 0.140. The molecule has 220 valence electrons. The summed E-state index contributed by atoms with van der Waals surface area (Å²) in [5, 5.41) is 0. The molecule has 1 unspecified atom stereocenters.